The van der Waals surface area contributed by atoms with Crippen molar-refractivity contribution < 1.29 is 14.7 Å². The van der Waals surface area contributed by atoms with E-state index in [2.05, 4.69) is 46.3 Å². The molecule has 0 unspecified atom stereocenters. The number of anilines is 2. The summed E-state index contributed by atoms with van der Waals surface area (Å²) in [6.45, 7) is 0.347. The van der Waals surface area contributed by atoms with Gasteiger partial charge in [-0.3, -0.25) is 9.78 Å². The maximum Gasteiger partial charge on any atom is 0.328 e. The molecule has 0 aliphatic carbocycles. The van der Waals surface area contributed by atoms with Crippen molar-refractivity contribution in [1.82, 2.24) is 4.98 Å². The Morgan fingerprint density at radius 1 is 0.861 bits per heavy atom. The van der Waals surface area contributed by atoms with Crippen LogP contribution in [0.5, 0.6) is 0 Å². The molecule has 3 aromatic carbocycles. The SMILES string of the molecule is CN(C)c1ccc(-c2ccc(CN(C(=O)c3cccnc3)c3cccc(C=CC(=O)O)c3)cc2)cc1. The Hall–Kier alpha value is -4.71. The summed E-state index contributed by atoms with van der Waals surface area (Å²) in [4.78, 5) is 32.2. The van der Waals surface area contributed by atoms with Crippen LogP contribution in [0.1, 0.15) is 21.5 Å². The van der Waals surface area contributed by atoms with Crippen LogP contribution in [-0.2, 0) is 11.3 Å². The van der Waals surface area contributed by atoms with E-state index in [0.29, 0.717) is 23.4 Å². The van der Waals surface area contributed by atoms with Gasteiger partial charge in [0, 0.05) is 43.9 Å². The van der Waals surface area contributed by atoms with E-state index in [1.807, 2.05) is 32.3 Å². The number of hydrogen-bond donors (Lipinski definition) is 1. The maximum atomic E-state index is 13.5. The molecule has 1 heterocycles. The lowest BCUT2D eigenvalue weighted by Crippen LogP contribution is -2.30. The Morgan fingerprint density at radius 2 is 1.56 bits per heavy atom. The highest BCUT2D eigenvalue weighted by atomic mass is 16.4. The highest BCUT2D eigenvalue weighted by molar-refractivity contribution is 6.06. The molecule has 36 heavy (non-hydrogen) atoms. The van der Waals surface area contributed by atoms with Crippen molar-refractivity contribution in [2.24, 2.45) is 0 Å². The first-order chi connectivity index (χ1) is 17.4. The lowest BCUT2D eigenvalue weighted by molar-refractivity contribution is -0.131. The predicted molar refractivity (Wildman–Crippen MR) is 144 cm³/mol. The van der Waals surface area contributed by atoms with Crippen LogP contribution in [0.25, 0.3) is 17.2 Å². The van der Waals surface area contributed by atoms with Gasteiger partial charge >= 0.3 is 5.97 Å². The summed E-state index contributed by atoms with van der Waals surface area (Å²) < 4.78 is 0. The van der Waals surface area contributed by atoms with Gasteiger partial charge in [-0.25, -0.2) is 4.79 Å². The minimum absolute atomic E-state index is 0.189. The molecule has 4 rings (SSSR count). The summed E-state index contributed by atoms with van der Waals surface area (Å²) in [6.07, 6.45) is 5.76. The van der Waals surface area contributed by atoms with Crippen LogP contribution in [-0.4, -0.2) is 36.1 Å². The number of carbonyl (C=O) groups is 2. The van der Waals surface area contributed by atoms with Gasteiger partial charge in [-0.05, 0) is 64.7 Å². The van der Waals surface area contributed by atoms with Crippen molar-refractivity contribution in [3.8, 4) is 11.1 Å². The summed E-state index contributed by atoms with van der Waals surface area (Å²) in [5.41, 5.74) is 6.15. The highest BCUT2D eigenvalue weighted by Crippen LogP contribution is 2.25. The fourth-order valence-electron chi connectivity index (χ4n) is 3.83. The van der Waals surface area contributed by atoms with Crippen molar-refractivity contribution in [3.05, 3.63) is 120 Å². The topological polar surface area (TPSA) is 73.7 Å². The molecule has 6 nitrogen and oxygen atoms in total. The lowest BCUT2D eigenvalue weighted by Gasteiger charge is -2.24. The molecule has 0 radical (unpaired) electrons. The molecule has 1 N–H and O–H groups in total. The Bertz CT molecular complexity index is 1360. The molecule has 0 aliphatic heterocycles. The average Bonchev–Trinajstić information content (AvgIpc) is 2.91. The predicted octanol–water partition coefficient (Wildman–Crippen LogP) is 5.76. The van der Waals surface area contributed by atoms with Crippen molar-refractivity contribution in [2.45, 2.75) is 6.54 Å². The van der Waals surface area contributed by atoms with E-state index >= 15 is 0 Å². The number of aliphatic carboxylic acids is 1. The molecule has 0 saturated heterocycles. The van der Waals surface area contributed by atoms with Crippen molar-refractivity contribution >= 4 is 29.3 Å². The Morgan fingerprint density at radius 3 is 2.17 bits per heavy atom. The van der Waals surface area contributed by atoms with Gasteiger partial charge in [-0.2, -0.15) is 0 Å². The van der Waals surface area contributed by atoms with E-state index in [-0.39, 0.29) is 5.91 Å². The second kappa shape index (κ2) is 11.1. The lowest BCUT2D eigenvalue weighted by atomic mass is 10.0. The molecule has 0 atom stereocenters. The third kappa shape index (κ3) is 6.04. The smallest absolute Gasteiger partial charge is 0.328 e. The van der Waals surface area contributed by atoms with Crippen LogP contribution in [0.15, 0.2) is 103 Å². The monoisotopic (exact) mass is 477 g/mol. The van der Waals surface area contributed by atoms with Gasteiger partial charge in [-0.15, -0.1) is 0 Å². The molecular formula is C30H27N3O3. The van der Waals surface area contributed by atoms with Gasteiger partial charge in [0.2, 0.25) is 0 Å². The Kier molecular flexibility index (Phi) is 7.56. The Balaban J connectivity index is 1.62. The highest BCUT2D eigenvalue weighted by Gasteiger charge is 2.19. The number of pyridine rings is 1. The number of aromatic nitrogens is 1. The summed E-state index contributed by atoms with van der Waals surface area (Å²) in [6, 6.07) is 27.2. The van der Waals surface area contributed by atoms with Crippen LogP contribution in [0.4, 0.5) is 11.4 Å². The van der Waals surface area contributed by atoms with Crippen molar-refractivity contribution in [1.29, 1.82) is 0 Å². The number of carboxylic acid groups (broad SMARTS) is 1. The second-order valence-corrected chi connectivity index (χ2v) is 8.54. The second-order valence-electron chi connectivity index (χ2n) is 8.54. The molecule has 0 spiro atoms. The number of amides is 1. The minimum atomic E-state index is -1.03. The first-order valence-corrected chi connectivity index (χ1v) is 11.5. The number of carboxylic acids is 1. The molecular weight excluding hydrogens is 450 g/mol. The van der Waals surface area contributed by atoms with Gasteiger partial charge < -0.3 is 14.9 Å². The minimum Gasteiger partial charge on any atom is -0.478 e. The third-order valence-corrected chi connectivity index (χ3v) is 5.77. The fourth-order valence-corrected chi connectivity index (χ4v) is 3.83. The summed E-state index contributed by atoms with van der Waals surface area (Å²) in [7, 11) is 4.03. The van der Waals surface area contributed by atoms with E-state index in [4.69, 9.17) is 5.11 Å². The van der Waals surface area contributed by atoms with Crippen LogP contribution in [0, 0.1) is 0 Å². The van der Waals surface area contributed by atoms with Gasteiger partial charge in [0.15, 0.2) is 0 Å². The van der Waals surface area contributed by atoms with Crippen LogP contribution >= 0.6 is 0 Å². The van der Waals surface area contributed by atoms with Gasteiger partial charge in [0.05, 0.1) is 12.1 Å². The zero-order valence-electron chi connectivity index (χ0n) is 20.2. The van der Waals surface area contributed by atoms with Crippen LogP contribution < -0.4 is 9.80 Å². The molecule has 0 bridgehead atoms. The first kappa shape index (κ1) is 24.4. The summed E-state index contributed by atoms with van der Waals surface area (Å²) in [5, 5.41) is 8.97. The number of hydrogen-bond acceptors (Lipinski definition) is 4. The fraction of sp³-hybridized carbons (Fsp3) is 0.100. The average molecular weight is 478 g/mol. The molecule has 1 aromatic heterocycles. The zero-order valence-corrected chi connectivity index (χ0v) is 20.2. The number of carbonyl (C=O) groups excluding carboxylic acids is 1. The normalized spacial score (nSPS) is 10.8. The first-order valence-electron chi connectivity index (χ1n) is 11.5. The van der Waals surface area contributed by atoms with Crippen molar-refractivity contribution in [2.75, 3.05) is 23.9 Å². The van der Waals surface area contributed by atoms with E-state index in [1.54, 1.807) is 47.6 Å². The molecule has 0 aliphatic rings. The number of nitrogens with zero attached hydrogens (tertiary/aromatic N) is 3. The standard InChI is InChI=1S/C30H27N3O3/c1-32(2)27-15-13-25(14-16-27)24-11-8-23(9-12-24)21-33(30(36)26-6-4-18-31-20-26)28-7-3-5-22(19-28)10-17-29(34)35/h3-20H,21H2,1-2H3,(H,34,35). The van der Waals surface area contributed by atoms with Crippen molar-refractivity contribution in [3.63, 3.8) is 0 Å². The van der Waals surface area contributed by atoms with Crippen LogP contribution in [0.2, 0.25) is 0 Å². The Labute approximate surface area is 210 Å². The van der Waals surface area contributed by atoms with E-state index < -0.39 is 5.97 Å². The van der Waals surface area contributed by atoms with Gasteiger partial charge in [0.25, 0.3) is 5.91 Å². The van der Waals surface area contributed by atoms with Gasteiger partial charge in [0.1, 0.15) is 0 Å². The summed E-state index contributed by atoms with van der Waals surface area (Å²) >= 11 is 0. The molecule has 0 saturated carbocycles. The third-order valence-electron chi connectivity index (χ3n) is 5.77. The molecule has 4 aromatic rings. The van der Waals surface area contributed by atoms with Gasteiger partial charge in [-0.1, -0.05) is 48.5 Å². The van der Waals surface area contributed by atoms with E-state index in [1.165, 1.54) is 6.08 Å². The molecule has 180 valence electrons. The zero-order chi connectivity index (χ0) is 25.5. The van der Waals surface area contributed by atoms with Crippen LogP contribution in [0.3, 0.4) is 0 Å². The number of rotatable bonds is 8. The molecule has 1 amide bonds. The van der Waals surface area contributed by atoms with E-state index in [0.717, 1.165) is 28.5 Å². The van der Waals surface area contributed by atoms with E-state index in [9.17, 15) is 9.59 Å². The summed E-state index contributed by atoms with van der Waals surface area (Å²) in [5.74, 6) is -1.22. The molecule has 6 heteroatoms. The maximum absolute atomic E-state index is 13.5. The quantitative estimate of drug-likeness (QED) is 0.327. The number of benzene rings is 3. The largest absolute Gasteiger partial charge is 0.478 e. The molecule has 0 fully saturated rings.